The number of carbonyl (C=O) groups excluding carboxylic acids is 1. The molecular formula is C16H21N3O2S. The molecule has 1 atom stereocenters. The van der Waals surface area contributed by atoms with Crippen molar-refractivity contribution in [3.05, 3.63) is 24.3 Å². The highest BCUT2D eigenvalue weighted by Crippen LogP contribution is 2.28. The molecule has 0 saturated carbocycles. The van der Waals surface area contributed by atoms with Crippen LogP contribution in [0.2, 0.25) is 0 Å². The van der Waals surface area contributed by atoms with Crippen molar-refractivity contribution in [2.24, 2.45) is 0 Å². The average molecular weight is 319 g/mol. The first kappa shape index (κ1) is 15.4. The first-order valence-corrected chi connectivity index (χ1v) is 8.55. The van der Waals surface area contributed by atoms with E-state index in [0.717, 1.165) is 34.7 Å². The fourth-order valence-corrected chi connectivity index (χ4v) is 3.89. The van der Waals surface area contributed by atoms with E-state index in [0.29, 0.717) is 19.6 Å². The van der Waals surface area contributed by atoms with Crippen molar-refractivity contribution in [1.29, 1.82) is 0 Å². The van der Waals surface area contributed by atoms with Gasteiger partial charge < -0.3 is 5.11 Å². The molecule has 1 unspecified atom stereocenters. The molecule has 1 aliphatic rings. The van der Waals surface area contributed by atoms with Gasteiger partial charge in [-0.3, -0.25) is 14.6 Å². The number of aliphatic hydroxyl groups is 1. The molecule has 118 valence electrons. The molecule has 3 rings (SSSR count). The third-order valence-corrected chi connectivity index (χ3v) is 5.03. The van der Waals surface area contributed by atoms with Crippen LogP contribution in [0.5, 0.6) is 0 Å². The summed E-state index contributed by atoms with van der Waals surface area (Å²) in [6.07, 6.45) is 1.47. The summed E-state index contributed by atoms with van der Waals surface area (Å²) in [6, 6.07) is 7.93. The Kier molecular flexibility index (Phi) is 4.71. The Hall–Kier alpha value is -1.50. The number of likely N-dealkylation sites (N-methyl/N-ethyl adjacent to an activating group) is 1. The number of anilines is 1. The van der Waals surface area contributed by atoms with E-state index in [9.17, 15) is 9.90 Å². The number of hydrogen-bond donors (Lipinski definition) is 1. The number of aliphatic hydroxyl groups excluding tert-OH is 1. The highest BCUT2D eigenvalue weighted by Gasteiger charge is 2.24. The number of hydrogen-bond acceptors (Lipinski definition) is 5. The van der Waals surface area contributed by atoms with Crippen LogP contribution in [0.3, 0.4) is 0 Å². The van der Waals surface area contributed by atoms with E-state index in [4.69, 9.17) is 0 Å². The molecule has 0 spiro atoms. The van der Waals surface area contributed by atoms with Crippen molar-refractivity contribution in [1.82, 2.24) is 9.88 Å². The van der Waals surface area contributed by atoms with Crippen LogP contribution in [-0.4, -0.2) is 53.2 Å². The lowest BCUT2D eigenvalue weighted by Gasteiger charge is -2.30. The molecule has 0 bridgehead atoms. The van der Waals surface area contributed by atoms with Crippen molar-refractivity contribution in [3.8, 4) is 0 Å². The molecule has 0 radical (unpaired) electrons. The summed E-state index contributed by atoms with van der Waals surface area (Å²) in [5, 5.41) is 10.5. The topological polar surface area (TPSA) is 56.7 Å². The van der Waals surface area contributed by atoms with E-state index in [2.05, 4.69) is 4.98 Å². The zero-order valence-corrected chi connectivity index (χ0v) is 13.6. The summed E-state index contributed by atoms with van der Waals surface area (Å²) < 4.78 is 1.09. The van der Waals surface area contributed by atoms with E-state index in [-0.39, 0.29) is 12.0 Å². The minimum atomic E-state index is -0.306. The molecule has 1 aromatic heterocycles. The summed E-state index contributed by atoms with van der Waals surface area (Å²) in [5.74, 6) is 0.0515. The standard InChI is InChI=1S/C16H21N3O2S/c1-2-19(15(21)11-18-9-5-6-12(20)10-18)16-17-13-7-3-4-8-14(13)22-16/h3-4,7-8,12,20H,2,5-6,9-11H2,1H3. The van der Waals surface area contributed by atoms with Crippen molar-refractivity contribution in [2.45, 2.75) is 25.9 Å². The largest absolute Gasteiger partial charge is 0.392 e. The Labute approximate surface area is 134 Å². The third kappa shape index (κ3) is 3.29. The second-order valence-corrected chi connectivity index (χ2v) is 6.64. The van der Waals surface area contributed by atoms with Crippen LogP contribution < -0.4 is 4.90 Å². The zero-order chi connectivity index (χ0) is 15.5. The minimum absolute atomic E-state index is 0.0515. The van der Waals surface area contributed by atoms with Gasteiger partial charge in [-0.25, -0.2) is 4.98 Å². The molecule has 0 aliphatic carbocycles. The third-order valence-electron chi connectivity index (χ3n) is 3.97. The smallest absolute Gasteiger partial charge is 0.242 e. The van der Waals surface area contributed by atoms with Gasteiger partial charge in [0.15, 0.2) is 5.13 Å². The number of carbonyl (C=O) groups is 1. The van der Waals surface area contributed by atoms with E-state index >= 15 is 0 Å². The van der Waals surface area contributed by atoms with Gasteiger partial charge in [0.2, 0.25) is 5.91 Å². The molecule has 2 aromatic rings. The molecule has 22 heavy (non-hydrogen) atoms. The van der Waals surface area contributed by atoms with Gasteiger partial charge in [-0.05, 0) is 38.4 Å². The first-order valence-electron chi connectivity index (χ1n) is 7.73. The number of β-amino-alcohol motifs (C(OH)–C–C–N with tert-alkyl or cyclic N) is 1. The maximum atomic E-state index is 12.6. The van der Waals surface area contributed by atoms with Crippen molar-refractivity contribution in [2.75, 3.05) is 31.1 Å². The number of piperidine rings is 1. The minimum Gasteiger partial charge on any atom is -0.392 e. The Bertz CT molecular complexity index is 625. The summed E-state index contributed by atoms with van der Waals surface area (Å²) >= 11 is 1.55. The van der Waals surface area contributed by atoms with Gasteiger partial charge in [-0.15, -0.1) is 0 Å². The lowest BCUT2D eigenvalue weighted by Crippen LogP contribution is -2.45. The monoisotopic (exact) mass is 319 g/mol. The molecule has 1 N–H and O–H groups in total. The van der Waals surface area contributed by atoms with Crippen LogP contribution in [0.25, 0.3) is 10.2 Å². The van der Waals surface area contributed by atoms with Crippen LogP contribution in [0.4, 0.5) is 5.13 Å². The fraction of sp³-hybridized carbons (Fsp3) is 0.500. The molecule has 1 aliphatic heterocycles. The number of amides is 1. The van der Waals surface area contributed by atoms with E-state index in [1.54, 1.807) is 16.2 Å². The van der Waals surface area contributed by atoms with E-state index < -0.39 is 0 Å². The number of rotatable bonds is 4. The van der Waals surface area contributed by atoms with Crippen molar-refractivity contribution < 1.29 is 9.90 Å². The van der Waals surface area contributed by atoms with Gasteiger partial charge >= 0.3 is 0 Å². The van der Waals surface area contributed by atoms with Crippen LogP contribution in [-0.2, 0) is 4.79 Å². The van der Waals surface area contributed by atoms with Crippen LogP contribution in [0, 0.1) is 0 Å². The molecule has 1 aromatic carbocycles. The van der Waals surface area contributed by atoms with Crippen molar-refractivity contribution in [3.63, 3.8) is 0 Å². The predicted octanol–water partition coefficient (Wildman–Crippen LogP) is 2.11. The molecule has 6 heteroatoms. The SMILES string of the molecule is CCN(C(=O)CN1CCCC(O)C1)c1nc2ccccc2s1. The number of benzene rings is 1. The maximum Gasteiger partial charge on any atom is 0.242 e. The summed E-state index contributed by atoms with van der Waals surface area (Å²) in [5.41, 5.74) is 0.933. The maximum absolute atomic E-state index is 12.6. The predicted molar refractivity (Wildman–Crippen MR) is 89.3 cm³/mol. The van der Waals surface area contributed by atoms with E-state index in [1.807, 2.05) is 36.1 Å². The van der Waals surface area contributed by atoms with Gasteiger partial charge in [0.1, 0.15) is 0 Å². The Morgan fingerprint density at radius 1 is 1.50 bits per heavy atom. The van der Waals surface area contributed by atoms with Gasteiger partial charge in [-0.1, -0.05) is 23.5 Å². The number of likely N-dealkylation sites (tertiary alicyclic amines) is 1. The Balaban J connectivity index is 1.73. The second kappa shape index (κ2) is 6.73. The van der Waals surface area contributed by atoms with Crippen molar-refractivity contribution >= 4 is 32.6 Å². The number of nitrogens with zero attached hydrogens (tertiary/aromatic N) is 3. The molecule has 5 nitrogen and oxygen atoms in total. The zero-order valence-electron chi connectivity index (χ0n) is 12.7. The van der Waals surface area contributed by atoms with Crippen LogP contribution in [0.1, 0.15) is 19.8 Å². The number of aromatic nitrogens is 1. The van der Waals surface area contributed by atoms with Gasteiger partial charge in [0.05, 0.1) is 22.9 Å². The lowest BCUT2D eigenvalue weighted by atomic mass is 10.1. The van der Waals surface area contributed by atoms with Gasteiger partial charge in [0, 0.05) is 13.1 Å². The lowest BCUT2D eigenvalue weighted by molar-refractivity contribution is -0.120. The van der Waals surface area contributed by atoms with Crippen LogP contribution in [0.15, 0.2) is 24.3 Å². The highest BCUT2D eigenvalue weighted by molar-refractivity contribution is 7.22. The fourth-order valence-electron chi connectivity index (χ4n) is 2.85. The molecule has 1 saturated heterocycles. The summed E-state index contributed by atoms with van der Waals surface area (Å²) in [6.45, 7) is 4.38. The average Bonchev–Trinajstić information content (AvgIpc) is 2.91. The second-order valence-electron chi connectivity index (χ2n) is 5.63. The first-order chi connectivity index (χ1) is 10.7. The Morgan fingerprint density at radius 2 is 2.32 bits per heavy atom. The molecule has 1 fully saturated rings. The quantitative estimate of drug-likeness (QED) is 0.938. The van der Waals surface area contributed by atoms with Crippen LogP contribution >= 0.6 is 11.3 Å². The summed E-state index contributed by atoms with van der Waals surface area (Å²) in [7, 11) is 0. The van der Waals surface area contributed by atoms with Gasteiger partial charge in [-0.2, -0.15) is 0 Å². The molecule has 1 amide bonds. The molecule has 2 heterocycles. The highest BCUT2D eigenvalue weighted by atomic mass is 32.1. The van der Waals surface area contributed by atoms with Gasteiger partial charge in [0.25, 0.3) is 0 Å². The normalized spacial score (nSPS) is 19.5. The summed E-state index contributed by atoms with van der Waals surface area (Å²) in [4.78, 5) is 20.9. The number of fused-ring (bicyclic) bond motifs is 1. The van der Waals surface area contributed by atoms with E-state index in [1.165, 1.54) is 0 Å². The number of para-hydroxylation sites is 1. The molecular weight excluding hydrogens is 298 g/mol. The number of thiazole rings is 1. The Morgan fingerprint density at radius 3 is 3.05 bits per heavy atom.